The fourth-order valence-corrected chi connectivity index (χ4v) is 2.97. The normalized spacial score (nSPS) is 12.3. The molecule has 0 saturated carbocycles. The Balaban J connectivity index is 1.67. The summed E-state index contributed by atoms with van der Waals surface area (Å²) in [5.74, 6) is 2.01. The minimum atomic E-state index is -0.483. The molecule has 0 spiro atoms. The van der Waals surface area contributed by atoms with E-state index in [1.807, 2.05) is 54.6 Å². The van der Waals surface area contributed by atoms with Gasteiger partial charge in [-0.15, -0.1) is 0 Å². The molecule has 3 aromatic carbocycles. The Morgan fingerprint density at radius 3 is 2.64 bits per heavy atom. The predicted octanol–water partition coefficient (Wildman–Crippen LogP) is 4.91. The number of nitrogens with zero attached hydrogens (tertiary/aromatic N) is 1. The summed E-state index contributed by atoms with van der Waals surface area (Å²) in [6.07, 6.45) is 2.40. The van der Waals surface area contributed by atoms with Crippen molar-refractivity contribution >= 4 is 6.08 Å². The first-order chi connectivity index (χ1) is 13.7. The molecule has 0 saturated heterocycles. The summed E-state index contributed by atoms with van der Waals surface area (Å²) in [5, 5.41) is 10.8. The van der Waals surface area contributed by atoms with E-state index in [4.69, 9.17) is 14.2 Å². The first-order valence-electron chi connectivity index (χ1n) is 8.71. The number of hydrogen-bond donors (Lipinski definition) is 0. The van der Waals surface area contributed by atoms with Crippen molar-refractivity contribution in [1.29, 1.82) is 0 Å². The van der Waals surface area contributed by atoms with Crippen molar-refractivity contribution < 1.29 is 19.1 Å². The summed E-state index contributed by atoms with van der Waals surface area (Å²) in [6, 6.07) is 20.9. The lowest BCUT2D eigenvalue weighted by Gasteiger charge is -2.12. The monoisotopic (exact) mass is 375 g/mol. The van der Waals surface area contributed by atoms with Crippen LogP contribution in [0, 0.1) is 10.1 Å². The molecule has 0 fully saturated rings. The lowest BCUT2D eigenvalue weighted by molar-refractivity contribution is -0.400. The van der Waals surface area contributed by atoms with Gasteiger partial charge in [0, 0.05) is 6.08 Å². The van der Waals surface area contributed by atoms with Gasteiger partial charge in [0.2, 0.25) is 13.0 Å². The molecule has 1 aliphatic rings. The summed E-state index contributed by atoms with van der Waals surface area (Å²) in [4.78, 5) is 10.3. The van der Waals surface area contributed by atoms with E-state index >= 15 is 0 Å². The average molecular weight is 375 g/mol. The van der Waals surface area contributed by atoms with E-state index < -0.39 is 4.92 Å². The van der Waals surface area contributed by atoms with Crippen molar-refractivity contribution in [2.24, 2.45) is 0 Å². The number of hydrogen-bond acceptors (Lipinski definition) is 5. The van der Waals surface area contributed by atoms with Gasteiger partial charge >= 0.3 is 0 Å². The van der Waals surface area contributed by atoms with Crippen LogP contribution in [0.3, 0.4) is 0 Å². The van der Waals surface area contributed by atoms with Crippen molar-refractivity contribution in [2.75, 3.05) is 6.79 Å². The fourth-order valence-electron chi connectivity index (χ4n) is 2.97. The van der Waals surface area contributed by atoms with E-state index in [2.05, 4.69) is 0 Å². The van der Waals surface area contributed by atoms with Crippen LogP contribution >= 0.6 is 0 Å². The maximum absolute atomic E-state index is 10.8. The zero-order valence-corrected chi connectivity index (χ0v) is 14.9. The molecule has 140 valence electrons. The Morgan fingerprint density at radius 2 is 1.82 bits per heavy atom. The van der Waals surface area contributed by atoms with E-state index in [1.54, 1.807) is 12.1 Å². The van der Waals surface area contributed by atoms with E-state index in [1.165, 1.54) is 6.08 Å². The number of nitro groups is 1. The van der Waals surface area contributed by atoms with E-state index in [-0.39, 0.29) is 6.79 Å². The van der Waals surface area contributed by atoms with Crippen LogP contribution in [0.25, 0.3) is 17.2 Å². The van der Waals surface area contributed by atoms with Crippen molar-refractivity contribution in [3.8, 4) is 28.4 Å². The van der Waals surface area contributed by atoms with Gasteiger partial charge in [-0.05, 0) is 46.5 Å². The second kappa shape index (κ2) is 7.84. The van der Waals surface area contributed by atoms with Gasteiger partial charge in [0.25, 0.3) is 0 Å². The number of rotatable bonds is 6. The summed E-state index contributed by atoms with van der Waals surface area (Å²) >= 11 is 0. The van der Waals surface area contributed by atoms with Crippen LogP contribution in [-0.2, 0) is 6.61 Å². The van der Waals surface area contributed by atoms with Crippen LogP contribution in [0.5, 0.6) is 17.2 Å². The first kappa shape index (κ1) is 17.6. The Kier molecular flexibility index (Phi) is 4.93. The zero-order chi connectivity index (χ0) is 19.3. The quantitative estimate of drug-likeness (QED) is 0.452. The second-order valence-corrected chi connectivity index (χ2v) is 6.19. The molecule has 0 aromatic heterocycles. The molecule has 0 amide bonds. The predicted molar refractivity (Wildman–Crippen MR) is 105 cm³/mol. The van der Waals surface area contributed by atoms with Crippen molar-refractivity contribution in [3.05, 3.63) is 94.2 Å². The van der Waals surface area contributed by atoms with Crippen LogP contribution in [-0.4, -0.2) is 11.7 Å². The summed E-state index contributed by atoms with van der Waals surface area (Å²) in [5.41, 5.74) is 3.44. The molecule has 1 heterocycles. The Morgan fingerprint density at radius 1 is 1.00 bits per heavy atom. The van der Waals surface area contributed by atoms with Gasteiger partial charge < -0.3 is 14.2 Å². The summed E-state index contributed by atoms with van der Waals surface area (Å²) in [6.45, 7) is 0.624. The van der Waals surface area contributed by atoms with Crippen LogP contribution in [0.1, 0.15) is 11.1 Å². The molecule has 0 bridgehead atoms. The van der Waals surface area contributed by atoms with Gasteiger partial charge in [-0.25, -0.2) is 0 Å². The molecule has 1 aliphatic heterocycles. The molecule has 0 N–H and O–H groups in total. The third kappa shape index (κ3) is 3.96. The molecule has 4 rings (SSSR count). The lowest BCUT2D eigenvalue weighted by Crippen LogP contribution is -1.96. The van der Waals surface area contributed by atoms with Gasteiger partial charge in [0.05, 0.1) is 4.92 Å². The summed E-state index contributed by atoms with van der Waals surface area (Å²) < 4.78 is 16.7. The second-order valence-electron chi connectivity index (χ2n) is 6.19. The minimum absolute atomic E-state index is 0.188. The highest BCUT2D eigenvalue weighted by Gasteiger charge is 2.15. The van der Waals surface area contributed by atoms with Gasteiger partial charge in [-0.1, -0.05) is 42.5 Å². The molecular weight excluding hydrogens is 358 g/mol. The maximum atomic E-state index is 10.8. The largest absolute Gasteiger partial charge is 0.489 e. The van der Waals surface area contributed by atoms with Gasteiger partial charge in [-0.2, -0.15) is 0 Å². The zero-order valence-electron chi connectivity index (χ0n) is 14.9. The van der Waals surface area contributed by atoms with Crippen molar-refractivity contribution in [1.82, 2.24) is 0 Å². The first-order valence-corrected chi connectivity index (χ1v) is 8.71. The highest BCUT2D eigenvalue weighted by molar-refractivity contribution is 5.78. The molecule has 6 nitrogen and oxygen atoms in total. The van der Waals surface area contributed by atoms with Crippen LogP contribution < -0.4 is 14.2 Å². The Labute approximate surface area is 161 Å². The third-order valence-electron chi connectivity index (χ3n) is 4.33. The molecular formula is C22H17NO5. The van der Waals surface area contributed by atoms with Crippen LogP contribution in [0.4, 0.5) is 0 Å². The SMILES string of the molecule is O=[N+]([O-])C=Cc1ccc(OCc2ccccc2)cc1-c1ccc2c(c1)OCO2. The molecule has 28 heavy (non-hydrogen) atoms. The molecule has 6 heteroatoms. The molecule has 0 unspecified atom stereocenters. The maximum Gasteiger partial charge on any atom is 0.235 e. The van der Waals surface area contributed by atoms with Crippen molar-refractivity contribution in [2.45, 2.75) is 6.61 Å². The Bertz CT molecular complexity index is 1030. The topological polar surface area (TPSA) is 70.8 Å². The fraction of sp³-hybridized carbons (Fsp3) is 0.0909. The standard InChI is InChI=1S/C22H17NO5/c24-23(25)11-10-17-6-8-19(26-14-16-4-2-1-3-5-16)13-20(17)18-7-9-21-22(12-18)28-15-27-21/h1-13H,14-15H2. The van der Waals surface area contributed by atoms with E-state index in [0.717, 1.165) is 22.9 Å². The highest BCUT2D eigenvalue weighted by atomic mass is 16.7. The molecule has 0 radical (unpaired) electrons. The van der Waals surface area contributed by atoms with Crippen LogP contribution in [0.2, 0.25) is 0 Å². The van der Waals surface area contributed by atoms with Crippen LogP contribution in [0.15, 0.2) is 72.9 Å². The number of fused-ring (bicyclic) bond motifs is 1. The highest BCUT2D eigenvalue weighted by Crippen LogP contribution is 2.38. The van der Waals surface area contributed by atoms with E-state index in [9.17, 15) is 10.1 Å². The number of ether oxygens (including phenoxy) is 3. The lowest BCUT2D eigenvalue weighted by atomic mass is 9.98. The molecule has 0 aliphatic carbocycles. The third-order valence-corrected chi connectivity index (χ3v) is 4.33. The van der Waals surface area contributed by atoms with Gasteiger partial charge in [0.1, 0.15) is 12.4 Å². The van der Waals surface area contributed by atoms with E-state index in [0.29, 0.717) is 29.4 Å². The summed E-state index contributed by atoms with van der Waals surface area (Å²) in [7, 11) is 0. The molecule has 3 aromatic rings. The Hall–Kier alpha value is -3.80. The molecule has 0 atom stereocenters. The van der Waals surface area contributed by atoms with Gasteiger partial charge in [0.15, 0.2) is 11.5 Å². The number of benzene rings is 3. The smallest absolute Gasteiger partial charge is 0.235 e. The van der Waals surface area contributed by atoms with Gasteiger partial charge in [-0.3, -0.25) is 10.1 Å². The average Bonchev–Trinajstić information content (AvgIpc) is 3.19. The van der Waals surface area contributed by atoms with Crippen molar-refractivity contribution in [3.63, 3.8) is 0 Å². The minimum Gasteiger partial charge on any atom is -0.489 e.